The van der Waals surface area contributed by atoms with Gasteiger partial charge in [0, 0.05) is 18.1 Å². The van der Waals surface area contributed by atoms with E-state index in [1.165, 1.54) is 51.0 Å². The summed E-state index contributed by atoms with van der Waals surface area (Å²) in [6.07, 6.45) is 3.89. The van der Waals surface area contributed by atoms with Gasteiger partial charge in [-0.15, -0.1) is 0 Å². The first-order chi connectivity index (χ1) is 9.69. The predicted octanol–water partition coefficient (Wildman–Crippen LogP) is 3.86. The van der Waals surface area contributed by atoms with Gasteiger partial charge in [0.25, 0.3) is 0 Å². The Morgan fingerprint density at radius 1 is 1.40 bits per heavy atom. The van der Waals surface area contributed by atoms with Crippen LogP contribution in [0.15, 0.2) is 18.2 Å². The van der Waals surface area contributed by atoms with Gasteiger partial charge < -0.3 is 5.32 Å². The molecule has 0 spiro atoms. The molecule has 1 aromatic carbocycles. The summed E-state index contributed by atoms with van der Waals surface area (Å²) in [6, 6.07) is 6.46. The van der Waals surface area contributed by atoms with Gasteiger partial charge in [-0.1, -0.05) is 30.7 Å². The molecule has 1 aliphatic heterocycles. The molecule has 1 saturated heterocycles. The third kappa shape index (κ3) is 4.76. The molecular formula is C17H27ClN2. The molecule has 1 aromatic rings. The van der Waals surface area contributed by atoms with Crippen LogP contribution in [0.4, 0.5) is 0 Å². The third-order valence-corrected chi connectivity index (χ3v) is 4.50. The Balaban J connectivity index is 1.94. The number of aryl methyl sites for hydroxylation is 1. The zero-order valence-electron chi connectivity index (χ0n) is 12.8. The van der Waals surface area contributed by atoms with Crippen LogP contribution in [0, 0.1) is 12.8 Å². The molecule has 0 aliphatic carbocycles. The van der Waals surface area contributed by atoms with Crippen LogP contribution in [0.2, 0.25) is 5.02 Å². The second-order valence-corrected chi connectivity index (χ2v) is 6.44. The van der Waals surface area contributed by atoms with Crippen molar-refractivity contribution in [2.45, 2.75) is 39.7 Å². The Bertz CT molecular complexity index is 413. The van der Waals surface area contributed by atoms with Gasteiger partial charge in [0.1, 0.15) is 0 Å². The second-order valence-electron chi connectivity index (χ2n) is 6.03. The van der Waals surface area contributed by atoms with Crippen molar-refractivity contribution in [3.05, 3.63) is 34.3 Å². The van der Waals surface area contributed by atoms with Gasteiger partial charge in [-0.05, 0) is 68.9 Å². The molecule has 1 heterocycles. The van der Waals surface area contributed by atoms with Gasteiger partial charge in [0.15, 0.2) is 0 Å². The molecule has 0 saturated carbocycles. The summed E-state index contributed by atoms with van der Waals surface area (Å²) in [5, 5.41) is 4.40. The summed E-state index contributed by atoms with van der Waals surface area (Å²) in [7, 11) is 0. The first kappa shape index (κ1) is 15.8. The van der Waals surface area contributed by atoms with Gasteiger partial charge in [-0.2, -0.15) is 0 Å². The zero-order valence-corrected chi connectivity index (χ0v) is 13.5. The fraction of sp³-hybridized carbons (Fsp3) is 0.647. The highest BCUT2D eigenvalue weighted by molar-refractivity contribution is 6.31. The van der Waals surface area contributed by atoms with E-state index in [4.69, 9.17) is 11.6 Å². The molecule has 0 aromatic heterocycles. The minimum absolute atomic E-state index is 0.802. The average molecular weight is 295 g/mol. The van der Waals surface area contributed by atoms with E-state index in [1.54, 1.807) is 0 Å². The molecule has 1 N–H and O–H groups in total. The van der Waals surface area contributed by atoms with Gasteiger partial charge in [0.2, 0.25) is 0 Å². The van der Waals surface area contributed by atoms with Gasteiger partial charge >= 0.3 is 0 Å². The zero-order chi connectivity index (χ0) is 14.4. The smallest absolute Gasteiger partial charge is 0.0438 e. The summed E-state index contributed by atoms with van der Waals surface area (Å²) < 4.78 is 0. The van der Waals surface area contributed by atoms with Crippen LogP contribution in [0.3, 0.4) is 0 Å². The molecule has 1 aliphatic rings. The van der Waals surface area contributed by atoms with Crippen molar-refractivity contribution in [2.75, 3.05) is 26.2 Å². The lowest BCUT2D eigenvalue weighted by Gasteiger charge is -2.30. The number of rotatable bonds is 6. The standard InChI is InChI=1S/C17H27ClN2/c1-3-9-20(13-16-5-4-8-19-11-16)12-15-7-6-14(2)17(18)10-15/h6-7,10,16,19H,3-5,8-9,11-13H2,1-2H3. The maximum Gasteiger partial charge on any atom is 0.0438 e. The molecule has 0 radical (unpaired) electrons. The minimum Gasteiger partial charge on any atom is -0.316 e. The average Bonchev–Trinajstić information content (AvgIpc) is 2.44. The number of piperidine rings is 1. The van der Waals surface area contributed by atoms with Gasteiger partial charge in [0.05, 0.1) is 0 Å². The van der Waals surface area contributed by atoms with Crippen LogP contribution >= 0.6 is 11.6 Å². The van der Waals surface area contributed by atoms with Crippen LogP contribution in [-0.4, -0.2) is 31.1 Å². The van der Waals surface area contributed by atoms with Gasteiger partial charge in [-0.3, -0.25) is 4.90 Å². The largest absolute Gasteiger partial charge is 0.316 e. The number of nitrogens with zero attached hydrogens (tertiary/aromatic N) is 1. The van der Waals surface area contributed by atoms with E-state index in [2.05, 4.69) is 42.3 Å². The topological polar surface area (TPSA) is 15.3 Å². The molecule has 2 rings (SSSR count). The molecule has 1 fully saturated rings. The lowest BCUT2D eigenvalue weighted by atomic mass is 9.98. The van der Waals surface area contributed by atoms with E-state index in [0.29, 0.717) is 0 Å². The molecule has 112 valence electrons. The van der Waals surface area contributed by atoms with Crippen molar-refractivity contribution in [1.29, 1.82) is 0 Å². The van der Waals surface area contributed by atoms with Crippen LogP contribution in [0.1, 0.15) is 37.3 Å². The molecule has 1 atom stereocenters. The Kier molecular flexibility index (Phi) is 6.34. The lowest BCUT2D eigenvalue weighted by molar-refractivity contribution is 0.201. The van der Waals surface area contributed by atoms with Crippen molar-refractivity contribution in [3.63, 3.8) is 0 Å². The highest BCUT2D eigenvalue weighted by Gasteiger charge is 2.17. The van der Waals surface area contributed by atoms with Crippen LogP contribution in [-0.2, 0) is 6.54 Å². The summed E-state index contributed by atoms with van der Waals surface area (Å²) in [5.74, 6) is 0.802. The molecule has 0 bridgehead atoms. The number of benzene rings is 1. The maximum absolute atomic E-state index is 6.24. The number of halogens is 1. The summed E-state index contributed by atoms with van der Waals surface area (Å²) in [5.41, 5.74) is 2.49. The van der Waals surface area contributed by atoms with E-state index in [9.17, 15) is 0 Å². The quantitative estimate of drug-likeness (QED) is 0.857. The maximum atomic E-state index is 6.24. The highest BCUT2D eigenvalue weighted by Crippen LogP contribution is 2.19. The first-order valence-electron chi connectivity index (χ1n) is 7.87. The second kappa shape index (κ2) is 8.02. The van der Waals surface area contributed by atoms with Crippen molar-refractivity contribution in [1.82, 2.24) is 10.2 Å². The molecule has 0 amide bonds. The van der Waals surface area contributed by atoms with Gasteiger partial charge in [-0.25, -0.2) is 0 Å². The van der Waals surface area contributed by atoms with E-state index >= 15 is 0 Å². The summed E-state index contributed by atoms with van der Waals surface area (Å²) in [4.78, 5) is 2.58. The predicted molar refractivity (Wildman–Crippen MR) is 87.4 cm³/mol. The molecule has 1 unspecified atom stereocenters. The first-order valence-corrected chi connectivity index (χ1v) is 8.25. The van der Waals surface area contributed by atoms with Crippen LogP contribution in [0.25, 0.3) is 0 Å². The fourth-order valence-corrected chi connectivity index (χ4v) is 3.19. The Morgan fingerprint density at radius 3 is 2.90 bits per heavy atom. The number of hydrogen-bond donors (Lipinski definition) is 1. The van der Waals surface area contributed by atoms with Crippen LogP contribution < -0.4 is 5.32 Å². The normalized spacial score (nSPS) is 19.5. The Hall–Kier alpha value is -0.570. The SMILES string of the molecule is CCCN(Cc1ccc(C)c(Cl)c1)CC1CCCNC1. The highest BCUT2D eigenvalue weighted by atomic mass is 35.5. The van der Waals surface area contributed by atoms with Crippen molar-refractivity contribution < 1.29 is 0 Å². The summed E-state index contributed by atoms with van der Waals surface area (Å²) >= 11 is 6.24. The third-order valence-electron chi connectivity index (χ3n) is 4.10. The Morgan fingerprint density at radius 2 is 2.25 bits per heavy atom. The number of hydrogen-bond acceptors (Lipinski definition) is 2. The summed E-state index contributed by atoms with van der Waals surface area (Å²) in [6.45, 7) is 10.1. The lowest BCUT2D eigenvalue weighted by Crippen LogP contribution is -2.38. The van der Waals surface area contributed by atoms with E-state index in [-0.39, 0.29) is 0 Å². The monoisotopic (exact) mass is 294 g/mol. The molecule has 3 heteroatoms. The minimum atomic E-state index is 0.802. The fourth-order valence-electron chi connectivity index (χ4n) is 2.99. The van der Waals surface area contributed by atoms with E-state index in [1.807, 2.05) is 0 Å². The van der Waals surface area contributed by atoms with Crippen LogP contribution in [0.5, 0.6) is 0 Å². The van der Waals surface area contributed by atoms with Crippen molar-refractivity contribution in [2.24, 2.45) is 5.92 Å². The molecular weight excluding hydrogens is 268 g/mol. The molecule has 20 heavy (non-hydrogen) atoms. The Labute approximate surface area is 128 Å². The van der Waals surface area contributed by atoms with Crippen molar-refractivity contribution in [3.8, 4) is 0 Å². The van der Waals surface area contributed by atoms with E-state index < -0.39 is 0 Å². The molecule has 2 nitrogen and oxygen atoms in total. The van der Waals surface area contributed by atoms with Crippen molar-refractivity contribution >= 4 is 11.6 Å². The number of nitrogens with one attached hydrogen (secondary N) is 1. The van der Waals surface area contributed by atoms with E-state index in [0.717, 1.165) is 23.0 Å².